The molecule has 4 rings (SSSR count). The van der Waals surface area contributed by atoms with Crippen LogP contribution in [0.4, 0.5) is 0 Å². The van der Waals surface area contributed by atoms with E-state index in [1.807, 2.05) is 0 Å². The van der Waals surface area contributed by atoms with Crippen LogP contribution in [-0.4, -0.2) is 33.4 Å². The highest BCUT2D eigenvalue weighted by atomic mass is 35.5. The average Bonchev–Trinajstić information content (AvgIpc) is 3.15. The molecule has 2 aliphatic heterocycles. The summed E-state index contributed by atoms with van der Waals surface area (Å²) in [6.45, 7) is 0. The lowest BCUT2D eigenvalue weighted by atomic mass is 10.1. The molecule has 1 N–H and O–H groups in total. The van der Waals surface area contributed by atoms with Crippen LogP contribution in [0, 0.1) is 5.41 Å². The normalized spacial score (nSPS) is 16.8. The first kappa shape index (κ1) is 19.4. The lowest BCUT2D eigenvalue weighted by Gasteiger charge is -2.20. The molecule has 0 aliphatic carbocycles. The molecule has 7 nitrogen and oxygen atoms in total. The lowest BCUT2D eigenvalue weighted by Crippen LogP contribution is -2.35. The highest BCUT2D eigenvalue weighted by Gasteiger charge is 2.32. The number of carbonyl (C=O) groups excluding carboxylic acids is 2. The Balaban J connectivity index is 1.52. The van der Waals surface area contributed by atoms with Crippen molar-refractivity contribution in [3.8, 4) is 5.75 Å². The Morgan fingerprint density at radius 2 is 1.93 bits per heavy atom. The van der Waals surface area contributed by atoms with Crippen molar-refractivity contribution in [1.29, 1.82) is 5.41 Å². The molecule has 0 atom stereocenters. The molecular formula is C19H10Cl2N4O3S. The molecule has 2 aromatic rings. The fraction of sp³-hybridized carbons (Fsp3) is 0. The second-order valence-electron chi connectivity index (χ2n) is 5.84. The Hall–Kier alpha value is -2.94. The fourth-order valence-electron chi connectivity index (χ4n) is 2.55. The monoisotopic (exact) mass is 444 g/mol. The molecule has 29 heavy (non-hydrogen) atoms. The van der Waals surface area contributed by atoms with E-state index in [1.165, 1.54) is 40.5 Å². The van der Waals surface area contributed by atoms with E-state index in [9.17, 15) is 9.59 Å². The van der Waals surface area contributed by atoms with Gasteiger partial charge in [-0.1, -0.05) is 35.3 Å². The van der Waals surface area contributed by atoms with E-state index in [0.717, 1.165) is 0 Å². The molecule has 144 valence electrons. The van der Waals surface area contributed by atoms with Gasteiger partial charge in [0, 0.05) is 5.02 Å². The number of hydrazone groups is 1. The number of ether oxygens (including phenoxy) is 1. The second kappa shape index (κ2) is 7.82. The first-order chi connectivity index (χ1) is 13.9. The van der Waals surface area contributed by atoms with Crippen LogP contribution in [0.1, 0.15) is 15.9 Å². The number of benzene rings is 2. The van der Waals surface area contributed by atoms with Crippen LogP contribution in [-0.2, 0) is 4.79 Å². The summed E-state index contributed by atoms with van der Waals surface area (Å²) < 4.78 is 5.32. The quantitative estimate of drug-likeness (QED) is 0.428. The van der Waals surface area contributed by atoms with Gasteiger partial charge in [-0.25, -0.2) is 4.79 Å². The largest absolute Gasteiger partial charge is 0.423 e. The number of nitrogens with one attached hydrogen (secondary N) is 1. The summed E-state index contributed by atoms with van der Waals surface area (Å²) in [6, 6.07) is 10.9. The zero-order valence-electron chi connectivity index (χ0n) is 14.4. The molecule has 0 unspecified atom stereocenters. The third-order valence-electron chi connectivity index (χ3n) is 3.95. The van der Waals surface area contributed by atoms with Gasteiger partial charge in [-0.3, -0.25) is 10.2 Å². The van der Waals surface area contributed by atoms with E-state index in [4.69, 9.17) is 33.3 Å². The van der Waals surface area contributed by atoms with Crippen molar-refractivity contribution >= 4 is 69.5 Å². The maximum atomic E-state index is 12.3. The molecule has 0 saturated carbocycles. The second-order valence-corrected chi connectivity index (χ2v) is 7.49. The molecule has 0 radical (unpaired) electrons. The number of hydrogen-bond acceptors (Lipinski definition) is 6. The molecule has 2 aromatic carbocycles. The van der Waals surface area contributed by atoms with Crippen LogP contribution in [0.2, 0.25) is 10.0 Å². The van der Waals surface area contributed by atoms with E-state index in [-0.39, 0.29) is 22.0 Å². The molecule has 0 fully saturated rings. The minimum atomic E-state index is -0.617. The minimum absolute atomic E-state index is 0.0471. The number of hydrogen-bond donors (Lipinski definition) is 1. The van der Waals surface area contributed by atoms with Gasteiger partial charge in [0.15, 0.2) is 11.0 Å². The minimum Gasteiger partial charge on any atom is -0.423 e. The average molecular weight is 445 g/mol. The molecule has 1 amide bonds. The zero-order chi connectivity index (χ0) is 20.5. The summed E-state index contributed by atoms with van der Waals surface area (Å²) in [4.78, 5) is 28.4. The van der Waals surface area contributed by atoms with Crippen LogP contribution in [0.25, 0.3) is 6.08 Å². The van der Waals surface area contributed by atoms with Gasteiger partial charge in [0.1, 0.15) is 5.75 Å². The number of amidine groups is 2. The number of nitrogens with zero attached hydrogens (tertiary/aromatic N) is 3. The van der Waals surface area contributed by atoms with Gasteiger partial charge in [-0.15, -0.1) is 0 Å². The van der Waals surface area contributed by atoms with Crippen LogP contribution >= 0.6 is 35.0 Å². The van der Waals surface area contributed by atoms with Gasteiger partial charge >= 0.3 is 5.97 Å². The number of rotatable bonds is 3. The summed E-state index contributed by atoms with van der Waals surface area (Å²) in [5.41, 5.74) is 2.46. The van der Waals surface area contributed by atoms with Crippen LogP contribution < -0.4 is 4.74 Å². The first-order valence-electron chi connectivity index (χ1n) is 8.12. The number of halogens is 2. The number of esters is 1. The summed E-state index contributed by atoms with van der Waals surface area (Å²) in [5, 5.41) is 14.4. The SMILES string of the molecule is N=C1/C(=C/c2ccc(OC(=O)c3ccc(Cl)cc3Cl)cc2)C(=O)N=C2SC=NN12. The van der Waals surface area contributed by atoms with Crippen molar-refractivity contribution in [3.05, 3.63) is 69.2 Å². The highest BCUT2D eigenvalue weighted by molar-refractivity contribution is 8.25. The Bertz CT molecular complexity index is 1140. The third kappa shape index (κ3) is 3.95. The Kier molecular flexibility index (Phi) is 5.23. The van der Waals surface area contributed by atoms with E-state index >= 15 is 0 Å². The predicted octanol–water partition coefficient (Wildman–Crippen LogP) is 4.46. The number of aliphatic imine (C=N–C) groups is 1. The fourth-order valence-corrected chi connectivity index (χ4v) is 3.65. The molecule has 0 spiro atoms. The standard InChI is InChI=1S/C19H10Cl2N4O3S/c20-11-3-6-13(15(21)8-11)18(27)28-12-4-1-10(2-5-12)7-14-16(22)25-19(24-17(14)26)29-9-23-25/h1-9,22H/b14-7-,22-16?. The summed E-state index contributed by atoms with van der Waals surface area (Å²) >= 11 is 13.0. The topological polar surface area (TPSA) is 95.2 Å². The highest BCUT2D eigenvalue weighted by Crippen LogP contribution is 2.26. The van der Waals surface area contributed by atoms with E-state index in [1.54, 1.807) is 30.3 Å². The van der Waals surface area contributed by atoms with Gasteiger partial charge < -0.3 is 4.74 Å². The Labute approximate surface area is 179 Å². The number of fused-ring (bicyclic) bond motifs is 1. The van der Waals surface area contributed by atoms with Crippen molar-refractivity contribution in [2.75, 3.05) is 0 Å². The number of thioether (sulfide) groups is 1. The third-order valence-corrected chi connectivity index (χ3v) is 5.17. The molecule has 10 heteroatoms. The Morgan fingerprint density at radius 1 is 1.17 bits per heavy atom. The molecule has 2 aliphatic rings. The maximum absolute atomic E-state index is 12.3. The zero-order valence-corrected chi connectivity index (χ0v) is 16.8. The van der Waals surface area contributed by atoms with Crippen molar-refractivity contribution in [2.45, 2.75) is 0 Å². The smallest absolute Gasteiger partial charge is 0.345 e. The van der Waals surface area contributed by atoms with Crippen LogP contribution in [0.5, 0.6) is 5.75 Å². The van der Waals surface area contributed by atoms with E-state index < -0.39 is 11.9 Å². The molecule has 0 saturated heterocycles. The summed E-state index contributed by atoms with van der Waals surface area (Å²) in [6.07, 6.45) is 1.53. The Morgan fingerprint density at radius 3 is 2.66 bits per heavy atom. The molecular weight excluding hydrogens is 435 g/mol. The maximum Gasteiger partial charge on any atom is 0.345 e. The van der Waals surface area contributed by atoms with Crippen molar-refractivity contribution in [1.82, 2.24) is 5.01 Å². The van der Waals surface area contributed by atoms with Gasteiger partial charge in [0.25, 0.3) is 5.91 Å². The lowest BCUT2D eigenvalue weighted by molar-refractivity contribution is -0.114. The molecule has 2 heterocycles. The molecule has 0 bridgehead atoms. The van der Waals surface area contributed by atoms with Crippen LogP contribution in [0.3, 0.4) is 0 Å². The first-order valence-corrected chi connectivity index (χ1v) is 9.76. The van der Waals surface area contributed by atoms with Gasteiger partial charge in [0.2, 0.25) is 0 Å². The number of carbonyl (C=O) groups is 2. The summed E-state index contributed by atoms with van der Waals surface area (Å²) in [5.74, 6) is -0.872. The van der Waals surface area contributed by atoms with E-state index in [2.05, 4.69) is 10.1 Å². The van der Waals surface area contributed by atoms with Gasteiger partial charge in [-0.2, -0.15) is 15.1 Å². The summed E-state index contributed by atoms with van der Waals surface area (Å²) in [7, 11) is 0. The van der Waals surface area contributed by atoms with Gasteiger partial charge in [0.05, 0.1) is 21.7 Å². The van der Waals surface area contributed by atoms with E-state index in [0.29, 0.717) is 21.5 Å². The van der Waals surface area contributed by atoms with Gasteiger partial charge in [-0.05, 0) is 53.7 Å². The van der Waals surface area contributed by atoms with Crippen LogP contribution in [0.15, 0.2) is 58.1 Å². The predicted molar refractivity (Wildman–Crippen MR) is 114 cm³/mol. The number of amides is 1. The molecule has 0 aromatic heterocycles. The van der Waals surface area contributed by atoms with Crippen molar-refractivity contribution in [2.24, 2.45) is 10.1 Å². The van der Waals surface area contributed by atoms with Crippen molar-refractivity contribution in [3.63, 3.8) is 0 Å². The van der Waals surface area contributed by atoms with Crippen molar-refractivity contribution < 1.29 is 14.3 Å².